The molecule has 2 aromatic rings. The highest BCUT2D eigenvalue weighted by atomic mass is 32.2. The summed E-state index contributed by atoms with van der Waals surface area (Å²) in [5.74, 6) is -0.672. The van der Waals surface area contributed by atoms with E-state index in [9.17, 15) is 17.6 Å². The van der Waals surface area contributed by atoms with Gasteiger partial charge in [0.05, 0.1) is 12.1 Å². The molecule has 28 heavy (non-hydrogen) atoms. The molecule has 2 aliphatic rings. The predicted octanol–water partition coefficient (Wildman–Crippen LogP) is 1.79. The topological polar surface area (TPSA) is 60.9 Å². The van der Waals surface area contributed by atoms with Crippen LogP contribution in [0.3, 0.4) is 0 Å². The van der Waals surface area contributed by atoms with E-state index in [0.29, 0.717) is 13.1 Å². The second kappa shape index (κ2) is 7.62. The van der Waals surface area contributed by atoms with E-state index in [-0.39, 0.29) is 22.8 Å². The monoisotopic (exact) mass is 403 g/mol. The smallest absolute Gasteiger partial charge is 0.269 e. The number of carbonyl (C=O) groups is 1. The van der Waals surface area contributed by atoms with E-state index in [4.69, 9.17) is 0 Å². The molecule has 0 saturated carbocycles. The third-order valence-corrected chi connectivity index (χ3v) is 7.13. The zero-order valence-electron chi connectivity index (χ0n) is 15.4. The van der Waals surface area contributed by atoms with Crippen molar-refractivity contribution in [2.75, 3.05) is 39.3 Å². The number of nitrogens with zero attached hydrogens (tertiary/aromatic N) is 3. The van der Waals surface area contributed by atoms with E-state index in [1.807, 2.05) is 6.07 Å². The maximum atomic E-state index is 13.3. The summed E-state index contributed by atoms with van der Waals surface area (Å²) in [6.45, 7) is 4.55. The third kappa shape index (κ3) is 3.67. The molecule has 1 fully saturated rings. The molecule has 0 aliphatic carbocycles. The highest BCUT2D eigenvalue weighted by Crippen LogP contribution is 2.29. The third-order valence-electron chi connectivity index (χ3n) is 5.29. The molecular weight excluding hydrogens is 381 g/mol. The molecule has 0 radical (unpaired) electrons. The van der Waals surface area contributed by atoms with Crippen LogP contribution in [0.25, 0.3) is 0 Å². The lowest BCUT2D eigenvalue weighted by Crippen LogP contribution is -2.48. The molecule has 148 valence electrons. The van der Waals surface area contributed by atoms with Crippen molar-refractivity contribution in [3.63, 3.8) is 0 Å². The van der Waals surface area contributed by atoms with Crippen molar-refractivity contribution < 1.29 is 17.6 Å². The van der Waals surface area contributed by atoms with Crippen LogP contribution in [0.4, 0.5) is 4.39 Å². The first-order valence-corrected chi connectivity index (χ1v) is 10.7. The lowest BCUT2D eigenvalue weighted by molar-refractivity contribution is 0.0836. The molecule has 0 N–H and O–H groups in total. The Morgan fingerprint density at radius 3 is 2.32 bits per heavy atom. The number of hydrogen-bond donors (Lipinski definition) is 0. The average molecular weight is 403 g/mol. The summed E-state index contributed by atoms with van der Waals surface area (Å²) in [6.07, 6.45) is 0. The zero-order valence-corrected chi connectivity index (χ0v) is 16.2. The Morgan fingerprint density at radius 1 is 0.893 bits per heavy atom. The molecule has 0 bridgehead atoms. The Morgan fingerprint density at radius 2 is 1.61 bits per heavy atom. The Labute approximate surface area is 164 Å². The van der Waals surface area contributed by atoms with Gasteiger partial charge in [-0.05, 0) is 29.8 Å². The second-order valence-electron chi connectivity index (χ2n) is 7.13. The van der Waals surface area contributed by atoms with Gasteiger partial charge in [0.15, 0.2) is 0 Å². The molecule has 1 saturated heterocycles. The molecule has 0 spiro atoms. The quantitative estimate of drug-likeness (QED) is 0.762. The van der Waals surface area contributed by atoms with Crippen molar-refractivity contribution in [2.24, 2.45) is 0 Å². The first-order chi connectivity index (χ1) is 13.4. The Hall–Kier alpha value is -2.29. The van der Waals surface area contributed by atoms with Crippen LogP contribution >= 0.6 is 0 Å². The number of benzene rings is 2. The maximum Gasteiger partial charge on any atom is 0.269 e. The predicted molar refractivity (Wildman–Crippen MR) is 103 cm³/mol. The summed E-state index contributed by atoms with van der Waals surface area (Å²) in [5, 5.41) is 0. The van der Waals surface area contributed by atoms with Gasteiger partial charge in [-0.3, -0.25) is 14.6 Å². The molecule has 6 nitrogen and oxygen atoms in total. The number of fused-ring (bicyclic) bond motifs is 1. The number of carbonyl (C=O) groups excluding carboxylic acids is 1. The van der Waals surface area contributed by atoms with Gasteiger partial charge in [-0.25, -0.2) is 17.1 Å². The molecule has 4 rings (SSSR count). The van der Waals surface area contributed by atoms with E-state index < -0.39 is 15.9 Å². The molecule has 0 unspecified atom stereocenters. The van der Waals surface area contributed by atoms with Gasteiger partial charge in [-0.2, -0.15) is 0 Å². The van der Waals surface area contributed by atoms with Gasteiger partial charge < -0.3 is 0 Å². The summed E-state index contributed by atoms with van der Waals surface area (Å²) in [7, 11) is -3.74. The van der Waals surface area contributed by atoms with Gasteiger partial charge >= 0.3 is 0 Å². The Balaban J connectivity index is 1.31. The van der Waals surface area contributed by atoms with Crippen molar-refractivity contribution in [1.82, 2.24) is 14.1 Å². The van der Waals surface area contributed by atoms with Crippen LogP contribution in [0.15, 0.2) is 53.4 Å². The van der Waals surface area contributed by atoms with Crippen molar-refractivity contribution in [1.29, 1.82) is 0 Å². The van der Waals surface area contributed by atoms with Gasteiger partial charge in [-0.1, -0.05) is 24.3 Å². The summed E-state index contributed by atoms with van der Waals surface area (Å²) >= 11 is 0. The van der Waals surface area contributed by atoms with Crippen LogP contribution in [-0.2, 0) is 16.6 Å². The summed E-state index contributed by atoms with van der Waals surface area (Å²) in [5.41, 5.74) is 1.20. The van der Waals surface area contributed by atoms with Crippen molar-refractivity contribution in [2.45, 2.75) is 11.4 Å². The molecule has 8 heteroatoms. The van der Waals surface area contributed by atoms with E-state index in [2.05, 4.69) is 9.80 Å². The minimum Gasteiger partial charge on any atom is -0.299 e. The van der Waals surface area contributed by atoms with Crippen molar-refractivity contribution in [3.8, 4) is 0 Å². The maximum absolute atomic E-state index is 13.3. The summed E-state index contributed by atoms with van der Waals surface area (Å²) in [4.78, 5) is 17.0. The van der Waals surface area contributed by atoms with Crippen LogP contribution < -0.4 is 0 Å². The molecule has 0 atom stereocenters. The number of rotatable bonds is 5. The Kier molecular flexibility index (Phi) is 5.18. The van der Waals surface area contributed by atoms with Crippen LogP contribution in [0.5, 0.6) is 0 Å². The second-order valence-corrected chi connectivity index (χ2v) is 8.96. The fourth-order valence-corrected chi connectivity index (χ4v) is 5.31. The summed E-state index contributed by atoms with van der Waals surface area (Å²) < 4.78 is 39.5. The Bertz CT molecular complexity index is 988. The first-order valence-electron chi connectivity index (χ1n) is 9.30. The minimum absolute atomic E-state index is 0.0971. The number of sulfonamides is 1. The average Bonchev–Trinajstić information content (AvgIpc) is 2.88. The summed E-state index contributed by atoms with van der Waals surface area (Å²) in [6, 6.07) is 13.0. The van der Waals surface area contributed by atoms with Gasteiger partial charge in [0.2, 0.25) is 0 Å². The normalized spacial score (nSPS) is 19.8. The van der Waals surface area contributed by atoms with Gasteiger partial charge in [-0.15, -0.1) is 0 Å². The van der Waals surface area contributed by atoms with Crippen LogP contribution in [0, 0.1) is 5.82 Å². The molecule has 2 aromatic carbocycles. The number of halogens is 1. The van der Waals surface area contributed by atoms with Gasteiger partial charge in [0.25, 0.3) is 15.9 Å². The highest BCUT2D eigenvalue weighted by Gasteiger charge is 2.40. The largest absolute Gasteiger partial charge is 0.299 e. The molecule has 2 aliphatic heterocycles. The van der Waals surface area contributed by atoms with E-state index in [1.54, 1.807) is 30.3 Å². The van der Waals surface area contributed by atoms with Crippen LogP contribution in [-0.4, -0.2) is 67.7 Å². The number of hydrogen-bond acceptors (Lipinski definition) is 5. The van der Waals surface area contributed by atoms with E-state index in [0.717, 1.165) is 36.0 Å². The van der Waals surface area contributed by atoms with Gasteiger partial charge in [0, 0.05) is 39.3 Å². The fourth-order valence-electron chi connectivity index (χ4n) is 3.75. The molecule has 1 amide bonds. The number of amides is 1. The number of piperazine rings is 1. The lowest BCUT2D eigenvalue weighted by atomic mass is 10.2. The van der Waals surface area contributed by atoms with Crippen molar-refractivity contribution in [3.05, 3.63) is 65.5 Å². The molecule has 0 aromatic heterocycles. The van der Waals surface area contributed by atoms with Gasteiger partial charge in [0.1, 0.15) is 10.7 Å². The minimum atomic E-state index is -3.74. The first kappa shape index (κ1) is 19.0. The lowest BCUT2D eigenvalue weighted by Gasteiger charge is -2.35. The fraction of sp³-hybridized carbons (Fsp3) is 0.350. The standard InChI is InChI=1S/C20H22FN3O3S/c21-17-5-3-4-16(14-17)15-23-10-8-22(9-11-23)12-13-24-20(25)18-6-1-2-7-19(18)28(24,26)27/h1-7,14H,8-13,15H2. The van der Waals surface area contributed by atoms with Crippen LogP contribution in [0.1, 0.15) is 15.9 Å². The highest BCUT2D eigenvalue weighted by molar-refractivity contribution is 7.90. The SMILES string of the molecule is O=C1c2ccccc2S(=O)(=O)N1CCN1CCN(Cc2cccc(F)c2)CC1. The van der Waals surface area contributed by atoms with E-state index in [1.165, 1.54) is 12.1 Å². The van der Waals surface area contributed by atoms with Crippen molar-refractivity contribution >= 4 is 15.9 Å². The van der Waals surface area contributed by atoms with E-state index >= 15 is 0 Å². The van der Waals surface area contributed by atoms with Crippen LogP contribution in [0.2, 0.25) is 0 Å². The molecular formula is C20H22FN3O3S. The zero-order chi connectivity index (χ0) is 19.7. The molecule has 2 heterocycles.